The Morgan fingerprint density at radius 2 is 2.42 bits per heavy atom. The minimum Gasteiger partial charge on any atom is -0.480 e. The Kier molecular flexibility index (Phi) is 2.91. The molecule has 1 atom stereocenters. The number of aliphatic carboxylic acids is 1. The average molecular weight is 167 g/mol. The minimum absolute atomic E-state index is 0.515. The molecule has 0 bridgehead atoms. The SMILES string of the molecule is CC(NC1=CCCC=C1)C(=O)O. The molecule has 3 heteroatoms. The molecule has 0 saturated carbocycles. The van der Waals surface area contributed by atoms with Crippen LogP contribution in [0.5, 0.6) is 0 Å². The molecule has 0 aliphatic heterocycles. The Labute approximate surface area is 71.8 Å². The quantitative estimate of drug-likeness (QED) is 0.665. The Morgan fingerprint density at radius 1 is 1.67 bits per heavy atom. The molecule has 3 nitrogen and oxygen atoms in total. The molecule has 0 heterocycles. The van der Waals surface area contributed by atoms with Gasteiger partial charge in [-0.1, -0.05) is 12.2 Å². The number of allylic oxidation sites excluding steroid dienone is 3. The van der Waals surface area contributed by atoms with Gasteiger partial charge in [0.25, 0.3) is 0 Å². The van der Waals surface area contributed by atoms with Crippen LogP contribution >= 0.6 is 0 Å². The lowest BCUT2D eigenvalue weighted by molar-refractivity contribution is -0.138. The van der Waals surface area contributed by atoms with E-state index in [-0.39, 0.29) is 0 Å². The third-order valence-corrected chi connectivity index (χ3v) is 1.75. The van der Waals surface area contributed by atoms with E-state index in [2.05, 4.69) is 5.32 Å². The van der Waals surface area contributed by atoms with E-state index in [9.17, 15) is 4.79 Å². The van der Waals surface area contributed by atoms with Crippen molar-refractivity contribution in [2.45, 2.75) is 25.8 Å². The molecule has 1 rings (SSSR count). The van der Waals surface area contributed by atoms with E-state index < -0.39 is 12.0 Å². The van der Waals surface area contributed by atoms with Crippen LogP contribution in [0.4, 0.5) is 0 Å². The van der Waals surface area contributed by atoms with Crippen molar-refractivity contribution in [3.8, 4) is 0 Å². The molecule has 0 radical (unpaired) electrons. The fourth-order valence-electron chi connectivity index (χ4n) is 1.03. The summed E-state index contributed by atoms with van der Waals surface area (Å²) in [5.41, 5.74) is 0.913. The molecular weight excluding hydrogens is 154 g/mol. The lowest BCUT2D eigenvalue weighted by atomic mass is 10.1. The number of hydrogen-bond donors (Lipinski definition) is 2. The van der Waals surface area contributed by atoms with Gasteiger partial charge in [-0.15, -0.1) is 0 Å². The predicted octanol–water partition coefficient (Wildman–Crippen LogP) is 1.28. The van der Waals surface area contributed by atoms with Gasteiger partial charge in [0.15, 0.2) is 0 Å². The number of carboxylic acid groups (broad SMARTS) is 1. The van der Waals surface area contributed by atoms with Gasteiger partial charge in [0.1, 0.15) is 6.04 Å². The van der Waals surface area contributed by atoms with Crippen LogP contribution < -0.4 is 5.32 Å². The Morgan fingerprint density at radius 3 is 2.92 bits per heavy atom. The molecule has 0 aromatic rings. The maximum atomic E-state index is 10.5. The molecule has 0 spiro atoms. The molecule has 1 aliphatic rings. The second-order valence-corrected chi connectivity index (χ2v) is 2.84. The van der Waals surface area contributed by atoms with E-state index in [0.717, 1.165) is 18.5 Å². The van der Waals surface area contributed by atoms with Crippen LogP contribution in [-0.4, -0.2) is 17.1 Å². The van der Waals surface area contributed by atoms with E-state index in [1.165, 1.54) is 0 Å². The molecule has 0 saturated heterocycles. The molecule has 1 unspecified atom stereocenters. The maximum absolute atomic E-state index is 10.5. The summed E-state index contributed by atoms with van der Waals surface area (Å²) in [6, 6.07) is -0.515. The number of nitrogens with one attached hydrogen (secondary N) is 1. The van der Waals surface area contributed by atoms with E-state index in [1.54, 1.807) is 6.92 Å². The molecule has 2 N–H and O–H groups in total. The highest BCUT2D eigenvalue weighted by Gasteiger charge is 2.10. The lowest BCUT2D eigenvalue weighted by Crippen LogP contribution is -2.32. The van der Waals surface area contributed by atoms with Crippen molar-refractivity contribution in [3.05, 3.63) is 23.9 Å². The molecule has 0 amide bonds. The average Bonchev–Trinajstić information content (AvgIpc) is 2.06. The van der Waals surface area contributed by atoms with Gasteiger partial charge in [0, 0.05) is 5.70 Å². The maximum Gasteiger partial charge on any atom is 0.325 e. The van der Waals surface area contributed by atoms with Gasteiger partial charge < -0.3 is 10.4 Å². The van der Waals surface area contributed by atoms with E-state index in [0.29, 0.717) is 0 Å². The highest BCUT2D eigenvalue weighted by Crippen LogP contribution is 2.07. The van der Waals surface area contributed by atoms with Crippen molar-refractivity contribution in [2.75, 3.05) is 0 Å². The summed E-state index contributed by atoms with van der Waals surface area (Å²) in [6.07, 6.45) is 8.01. The number of carbonyl (C=O) groups is 1. The zero-order chi connectivity index (χ0) is 8.97. The first-order valence-corrected chi connectivity index (χ1v) is 4.06. The summed E-state index contributed by atoms with van der Waals surface area (Å²) < 4.78 is 0. The van der Waals surface area contributed by atoms with Crippen molar-refractivity contribution in [1.82, 2.24) is 5.32 Å². The van der Waals surface area contributed by atoms with Crippen LogP contribution in [0.25, 0.3) is 0 Å². The fraction of sp³-hybridized carbons (Fsp3) is 0.444. The molecule has 66 valence electrons. The van der Waals surface area contributed by atoms with Gasteiger partial charge in [-0.3, -0.25) is 4.79 Å². The van der Waals surface area contributed by atoms with Crippen LogP contribution in [0, 0.1) is 0 Å². The van der Waals surface area contributed by atoms with Crippen molar-refractivity contribution in [1.29, 1.82) is 0 Å². The second-order valence-electron chi connectivity index (χ2n) is 2.84. The van der Waals surface area contributed by atoms with Crippen molar-refractivity contribution in [2.24, 2.45) is 0 Å². The third-order valence-electron chi connectivity index (χ3n) is 1.75. The first kappa shape index (κ1) is 8.84. The van der Waals surface area contributed by atoms with Gasteiger partial charge in [-0.2, -0.15) is 0 Å². The fourth-order valence-corrected chi connectivity index (χ4v) is 1.03. The van der Waals surface area contributed by atoms with Crippen LogP contribution in [-0.2, 0) is 4.79 Å². The van der Waals surface area contributed by atoms with Crippen LogP contribution in [0.2, 0.25) is 0 Å². The normalized spacial score (nSPS) is 18.2. The van der Waals surface area contributed by atoms with Gasteiger partial charge >= 0.3 is 5.97 Å². The largest absolute Gasteiger partial charge is 0.480 e. The Balaban J connectivity index is 2.45. The smallest absolute Gasteiger partial charge is 0.325 e. The van der Waals surface area contributed by atoms with E-state index >= 15 is 0 Å². The van der Waals surface area contributed by atoms with Gasteiger partial charge in [0.2, 0.25) is 0 Å². The standard InChI is InChI=1S/C9H13NO2/c1-7(9(11)12)10-8-5-3-2-4-6-8/h3,5-7,10H,2,4H2,1H3,(H,11,12). The van der Waals surface area contributed by atoms with Crippen LogP contribution in [0.1, 0.15) is 19.8 Å². The Hall–Kier alpha value is -1.25. The zero-order valence-corrected chi connectivity index (χ0v) is 7.08. The van der Waals surface area contributed by atoms with Gasteiger partial charge in [-0.25, -0.2) is 0 Å². The molecule has 12 heavy (non-hydrogen) atoms. The van der Waals surface area contributed by atoms with Crippen LogP contribution in [0.15, 0.2) is 23.9 Å². The molecular formula is C9H13NO2. The number of carboxylic acids is 1. The van der Waals surface area contributed by atoms with Gasteiger partial charge in [0.05, 0.1) is 0 Å². The minimum atomic E-state index is -0.824. The summed E-state index contributed by atoms with van der Waals surface area (Å²) in [6.45, 7) is 1.63. The zero-order valence-electron chi connectivity index (χ0n) is 7.08. The molecule has 1 aliphatic carbocycles. The summed E-state index contributed by atoms with van der Waals surface area (Å²) in [5, 5.41) is 11.5. The molecule has 0 aromatic carbocycles. The third kappa shape index (κ3) is 2.42. The number of rotatable bonds is 3. The predicted molar refractivity (Wildman–Crippen MR) is 46.7 cm³/mol. The van der Waals surface area contributed by atoms with Crippen molar-refractivity contribution >= 4 is 5.97 Å². The highest BCUT2D eigenvalue weighted by atomic mass is 16.4. The monoisotopic (exact) mass is 167 g/mol. The first-order valence-electron chi connectivity index (χ1n) is 4.06. The summed E-state index contributed by atoms with van der Waals surface area (Å²) in [7, 11) is 0. The topological polar surface area (TPSA) is 49.3 Å². The van der Waals surface area contributed by atoms with Crippen LogP contribution in [0.3, 0.4) is 0 Å². The van der Waals surface area contributed by atoms with Gasteiger partial charge in [-0.05, 0) is 25.8 Å². The van der Waals surface area contributed by atoms with E-state index in [1.807, 2.05) is 18.2 Å². The summed E-state index contributed by atoms with van der Waals surface area (Å²) in [4.78, 5) is 10.5. The summed E-state index contributed by atoms with van der Waals surface area (Å²) >= 11 is 0. The van der Waals surface area contributed by atoms with Crippen molar-refractivity contribution < 1.29 is 9.90 Å². The summed E-state index contributed by atoms with van der Waals surface area (Å²) in [5.74, 6) is -0.824. The first-order chi connectivity index (χ1) is 5.70. The van der Waals surface area contributed by atoms with Crippen molar-refractivity contribution in [3.63, 3.8) is 0 Å². The number of hydrogen-bond acceptors (Lipinski definition) is 2. The Bertz CT molecular complexity index is 231. The lowest BCUT2D eigenvalue weighted by Gasteiger charge is -2.13. The van der Waals surface area contributed by atoms with E-state index in [4.69, 9.17) is 5.11 Å². The highest BCUT2D eigenvalue weighted by molar-refractivity contribution is 5.73. The second kappa shape index (κ2) is 3.95. The molecule has 0 aromatic heterocycles. The molecule has 0 fully saturated rings.